The molecule has 11 heteroatoms. The number of amides is 1. The van der Waals surface area contributed by atoms with Crippen molar-refractivity contribution in [2.24, 2.45) is 0 Å². The molecular formula is C22H26N6O5. The predicted octanol–water partition coefficient (Wildman–Crippen LogP) is 0.758. The molecule has 0 saturated carbocycles. The number of aryl methyl sites for hydroxylation is 1. The Morgan fingerprint density at radius 3 is 2.82 bits per heavy atom. The van der Waals surface area contributed by atoms with Crippen LogP contribution in [0.1, 0.15) is 21.9 Å². The molecule has 4 rings (SSSR count). The first-order valence-corrected chi connectivity index (χ1v) is 10.5. The van der Waals surface area contributed by atoms with E-state index < -0.39 is 0 Å². The molecule has 0 bridgehead atoms. The normalized spacial score (nSPS) is 18.2. The number of carbonyl (C=O) groups excluding carboxylic acids is 1. The molecule has 2 atom stereocenters. The molecular weight excluding hydrogens is 428 g/mol. The fourth-order valence-corrected chi connectivity index (χ4v) is 3.36. The highest BCUT2D eigenvalue weighted by Crippen LogP contribution is 2.16. The van der Waals surface area contributed by atoms with Gasteiger partial charge in [-0.1, -0.05) is 12.1 Å². The second-order valence-corrected chi connectivity index (χ2v) is 7.60. The van der Waals surface area contributed by atoms with Crippen LogP contribution in [-0.2, 0) is 22.6 Å². The molecule has 33 heavy (non-hydrogen) atoms. The van der Waals surface area contributed by atoms with Crippen molar-refractivity contribution >= 4 is 5.91 Å². The van der Waals surface area contributed by atoms with Gasteiger partial charge in [-0.25, -0.2) is 19.6 Å². The number of hydrogen-bond donors (Lipinski definition) is 2. The van der Waals surface area contributed by atoms with Crippen molar-refractivity contribution in [3.8, 4) is 17.3 Å². The molecule has 2 N–H and O–H groups in total. The summed E-state index contributed by atoms with van der Waals surface area (Å²) in [6, 6.07) is 9.04. The third kappa shape index (κ3) is 5.89. The lowest BCUT2D eigenvalue weighted by molar-refractivity contribution is -0.149. The summed E-state index contributed by atoms with van der Waals surface area (Å²) >= 11 is 0. The molecule has 1 aliphatic rings. The second kappa shape index (κ2) is 10.5. The Bertz CT molecular complexity index is 1100. The largest absolute Gasteiger partial charge is 0.497 e. The van der Waals surface area contributed by atoms with Gasteiger partial charge in [-0.05, 0) is 30.7 Å². The number of nitrogens with one attached hydrogen (secondary N) is 1. The molecule has 1 fully saturated rings. The monoisotopic (exact) mass is 454 g/mol. The van der Waals surface area contributed by atoms with E-state index in [1.54, 1.807) is 31.1 Å². The molecule has 1 amide bonds. The van der Waals surface area contributed by atoms with Crippen LogP contribution in [0.25, 0.3) is 11.5 Å². The van der Waals surface area contributed by atoms with Crippen LogP contribution in [0.5, 0.6) is 5.75 Å². The van der Waals surface area contributed by atoms with Crippen LogP contribution in [-0.4, -0.2) is 74.9 Å². The number of methoxy groups -OCH3 is 1. The second-order valence-electron chi connectivity index (χ2n) is 7.60. The Balaban J connectivity index is 1.41. The summed E-state index contributed by atoms with van der Waals surface area (Å²) in [7, 11) is 1.60. The molecule has 1 saturated heterocycles. The summed E-state index contributed by atoms with van der Waals surface area (Å²) in [6.45, 7) is 3.13. The summed E-state index contributed by atoms with van der Waals surface area (Å²) < 4.78 is 18.1. The van der Waals surface area contributed by atoms with Gasteiger partial charge in [0.05, 0.1) is 33.5 Å². The Morgan fingerprint density at radius 2 is 2.06 bits per heavy atom. The molecule has 3 heterocycles. The maximum Gasteiger partial charge on any atom is 0.270 e. The number of hydrogen-bond acceptors (Lipinski definition) is 9. The number of ether oxygens (including phenoxy) is 3. The lowest BCUT2D eigenvalue weighted by Gasteiger charge is -2.28. The van der Waals surface area contributed by atoms with Gasteiger partial charge in [-0.15, -0.1) is 5.10 Å². The number of aromatic nitrogens is 5. The van der Waals surface area contributed by atoms with Crippen molar-refractivity contribution in [3.63, 3.8) is 0 Å². The van der Waals surface area contributed by atoms with Gasteiger partial charge in [0.15, 0.2) is 5.82 Å². The Kier molecular flexibility index (Phi) is 7.23. The van der Waals surface area contributed by atoms with Crippen molar-refractivity contribution in [3.05, 3.63) is 53.7 Å². The Hall–Kier alpha value is -3.41. The molecule has 1 aromatic carbocycles. The van der Waals surface area contributed by atoms with E-state index in [1.807, 2.05) is 24.3 Å². The third-order valence-corrected chi connectivity index (χ3v) is 5.05. The maximum atomic E-state index is 12.7. The van der Waals surface area contributed by atoms with Gasteiger partial charge in [0.1, 0.15) is 41.5 Å². The summed E-state index contributed by atoms with van der Waals surface area (Å²) in [5.74, 6) is 1.22. The number of carbonyl (C=O) groups is 1. The topological polar surface area (TPSA) is 134 Å². The Morgan fingerprint density at radius 1 is 1.24 bits per heavy atom. The van der Waals surface area contributed by atoms with Crippen molar-refractivity contribution in [2.45, 2.75) is 32.2 Å². The summed E-state index contributed by atoms with van der Waals surface area (Å²) in [4.78, 5) is 25.6. The van der Waals surface area contributed by atoms with E-state index in [0.29, 0.717) is 43.6 Å². The summed E-state index contributed by atoms with van der Waals surface area (Å²) in [6.07, 6.45) is 1.11. The Labute approximate surface area is 190 Å². The van der Waals surface area contributed by atoms with E-state index in [4.69, 9.17) is 19.3 Å². The molecule has 0 aliphatic carbocycles. The molecule has 0 radical (unpaired) electrons. The van der Waals surface area contributed by atoms with Crippen LogP contribution in [0, 0.1) is 6.92 Å². The fourth-order valence-electron chi connectivity index (χ4n) is 3.36. The van der Waals surface area contributed by atoms with E-state index in [1.165, 1.54) is 0 Å². The highest BCUT2D eigenvalue weighted by molar-refractivity contribution is 5.93. The van der Waals surface area contributed by atoms with E-state index >= 15 is 0 Å². The van der Waals surface area contributed by atoms with Crippen molar-refractivity contribution in [1.29, 1.82) is 0 Å². The maximum absolute atomic E-state index is 12.7. The smallest absolute Gasteiger partial charge is 0.270 e. The van der Waals surface area contributed by atoms with Crippen molar-refractivity contribution in [1.82, 2.24) is 30.0 Å². The minimum Gasteiger partial charge on any atom is -0.497 e. The fraction of sp³-hybridized carbons (Fsp3) is 0.409. The van der Waals surface area contributed by atoms with Gasteiger partial charge >= 0.3 is 0 Å². The molecule has 174 valence electrons. The third-order valence-electron chi connectivity index (χ3n) is 5.05. The number of aliphatic hydroxyl groups excluding tert-OH is 1. The highest BCUT2D eigenvalue weighted by Gasteiger charge is 2.23. The number of rotatable bonds is 8. The number of nitrogens with zero attached hydrogens (tertiary/aromatic N) is 5. The average molecular weight is 454 g/mol. The molecule has 1 aliphatic heterocycles. The van der Waals surface area contributed by atoms with E-state index in [-0.39, 0.29) is 30.4 Å². The zero-order valence-corrected chi connectivity index (χ0v) is 18.5. The van der Waals surface area contributed by atoms with Crippen LogP contribution < -0.4 is 10.1 Å². The molecule has 11 nitrogen and oxygen atoms in total. The van der Waals surface area contributed by atoms with Crippen molar-refractivity contribution in [2.75, 3.05) is 26.9 Å². The number of aliphatic hydroxyl groups is 1. The van der Waals surface area contributed by atoms with Crippen LogP contribution in [0.2, 0.25) is 0 Å². The van der Waals surface area contributed by atoms with Crippen LogP contribution >= 0.6 is 0 Å². The van der Waals surface area contributed by atoms with Gasteiger partial charge in [0.2, 0.25) is 0 Å². The zero-order chi connectivity index (χ0) is 23.2. The van der Waals surface area contributed by atoms with Crippen LogP contribution in [0.15, 0.2) is 36.7 Å². The van der Waals surface area contributed by atoms with E-state index in [0.717, 1.165) is 11.3 Å². The molecule has 0 spiro atoms. The molecule has 2 aromatic heterocycles. The summed E-state index contributed by atoms with van der Waals surface area (Å²) in [5, 5.41) is 16.4. The summed E-state index contributed by atoms with van der Waals surface area (Å²) in [5.41, 5.74) is 1.60. The van der Waals surface area contributed by atoms with E-state index in [9.17, 15) is 4.79 Å². The quantitative estimate of drug-likeness (QED) is 0.506. The predicted molar refractivity (Wildman–Crippen MR) is 117 cm³/mol. The minimum atomic E-state index is -0.324. The van der Waals surface area contributed by atoms with Crippen LogP contribution in [0.4, 0.5) is 0 Å². The first-order chi connectivity index (χ1) is 16.0. The highest BCUT2D eigenvalue weighted by atomic mass is 16.6. The van der Waals surface area contributed by atoms with Gasteiger partial charge in [0, 0.05) is 6.54 Å². The van der Waals surface area contributed by atoms with Crippen molar-refractivity contribution < 1.29 is 24.1 Å². The van der Waals surface area contributed by atoms with Gasteiger partial charge in [-0.3, -0.25) is 4.79 Å². The average Bonchev–Trinajstić information content (AvgIpc) is 3.31. The zero-order valence-electron chi connectivity index (χ0n) is 18.5. The first kappa shape index (κ1) is 22.8. The van der Waals surface area contributed by atoms with Gasteiger partial charge < -0.3 is 24.6 Å². The lowest BCUT2D eigenvalue weighted by Crippen LogP contribution is -2.39. The minimum absolute atomic E-state index is 0.0668. The molecule has 3 aromatic rings. The first-order valence-electron chi connectivity index (χ1n) is 10.5. The van der Waals surface area contributed by atoms with Crippen LogP contribution in [0.3, 0.4) is 0 Å². The van der Waals surface area contributed by atoms with E-state index in [2.05, 4.69) is 25.4 Å². The number of benzene rings is 1. The lowest BCUT2D eigenvalue weighted by atomic mass is 10.2. The van der Waals surface area contributed by atoms with Gasteiger partial charge in [-0.2, -0.15) is 0 Å². The van der Waals surface area contributed by atoms with Gasteiger partial charge in [0.25, 0.3) is 5.91 Å². The SMILES string of the molecule is COc1cccc(CNC(=O)c2cc(-c3ncn(CC4COC(CO)CO4)n3)nc(C)n2)c1. The molecule has 2 unspecified atom stereocenters. The standard InChI is InChI=1S/C22H26N6O5/c1-14-25-19(21-24-13-28(27-21)9-17-11-33-18(10-29)12-32-17)7-20(26-14)22(30)23-8-15-4-3-5-16(6-15)31-2/h3-7,13,17-18,29H,8-12H2,1-2H3,(H,23,30).